The lowest BCUT2D eigenvalue weighted by Gasteiger charge is -2.42. The third-order valence-corrected chi connectivity index (χ3v) is 4.62. The molecular formula is C18H22N2O3. The number of nitrogens with zero attached hydrogens (tertiary/aromatic N) is 2. The van der Waals surface area contributed by atoms with Gasteiger partial charge in [-0.1, -0.05) is 12.0 Å². The zero-order chi connectivity index (χ0) is 16.6. The lowest BCUT2D eigenvalue weighted by Crippen LogP contribution is -2.49. The second kappa shape index (κ2) is 5.86. The number of rotatable bonds is 3. The molecule has 2 bridgehead atoms. The summed E-state index contributed by atoms with van der Waals surface area (Å²) in [6.45, 7) is 5.97. The highest BCUT2D eigenvalue weighted by molar-refractivity contribution is 5.72. The topological polar surface area (TPSA) is 51.5 Å². The first-order valence-electron chi connectivity index (χ1n) is 7.99. The molecule has 1 fully saturated rings. The Morgan fingerprint density at radius 2 is 2.17 bits per heavy atom. The van der Waals surface area contributed by atoms with Gasteiger partial charge in [-0.2, -0.15) is 0 Å². The van der Waals surface area contributed by atoms with Gasteiger partial charge in [0.05, 0.1) is 6.54 Å². The Bertz CT molecular complexity index is 714. The number of hydrogen-bond donors (Lipinski definition) is 0. The fourth-order valence-electron chi connectivity index (χ4n) is 3.65. The Kier molecular flexibility index (Phi) is 4.03. The van der Waals surface area contributed by atoms with Crippen molar-refractivity contribution < 1.29 is 9.53 Å². The number of ether oxygens (including phenoxy) is 1. The van der Waals surface area contributed by atoms with Gasteiger partial charge in [0.2, 0.25) is 0 Å². The number of fused-ring (bicyclic) bond motifs is 4. The monoisotopic (exact) mass is 314 g/mol. The minimum absolute atomic E-state index is 0.0702. The molecule has 0 saturated carbocycles. The molecule has 5 nitrogen and oxygen atoms in total. The summed E-state index contributed by atoms with van der Waals surface area (Å²) in [6, 6.07) is 5.45. The van der Waals surface area contributed by atoms with Crippen LogP contribution >= 0.6 is 0 Å². The van der Waals surface area contributed by atoms with Crippen LogP contribution in [0.1, 0.15) is 31.9 Å². The normalized spacial score (nSPS) is 23.7. The van der Waals surface area contributed by atoms with Gasteiger partial charge in [0.15, 0.2) is 5.60 Å². The highest BCUT2D eigenvalue weighted by atomic mass is 16.6. The largest absolute Gasteiger partial charge is 0.445 e. The van der Waals surface area contributed by atoms with Crippen molar-refractivity contribution in [1.82, 2.24) is 9.47 Å². The summed E-state index contributed by atoms with van der Waals surface area (Å²) in [7, 11) is 0. The molecule has 0 amide bonds. The van der Waals surface area contributed by atoms with Crippen LogP contribution in [0.3, 0.4) is 0 Å². The van der Waals surface area contributed by atoms with Gasteiger partial charge in [-0.3, -0.25) is 14.5 Å². The van der Waals surface area contributed by atoms with Crippen LogP contribution in [0.2, 0.25) is 0 Å². The van der Waals surface area contributed by atoms with Crippen molar-refractivity contribution in [2.24, 2.45) is 5.92 Å². The predicted octanol–water partition coefficient (Wildman–Crippen LogP) is 1.22. The van der Waals surface area contributed by atoms with E-state index in [1.807, 2.05) is 16.7 Å². The number of aromatic nitrogens is 1. The Labute approximate surface area is 136 Å². The molecule has 0 aliphatic carbocycles. The van der Waals surface area contributed by atoms with Crippen LogP contribution in [0.4, 0.5) is 0 Å². The first-order chi connectivity index (χ1) is 10.9. The molecular weight excluding hydrogens is 292 g/mol. The molecule has 1 unspecified atom stereocenters. The third-order valence-electron chi connectivity index (χ3n) is 4.62. The summed E-state index contributed by atoms with van der Waals surface area (Å²) in [6.07, 6.45) is 6.43. The smallest absolute Gasteiger partial charge is 0.321 e. The molecule has 2 aliphatic heterocycles. The molecule has 5 heteroatoms. The van der Waals surface area contributed by atoms with Crippen molar-refractivity contribution in [3.05, 3.63) is 34.2 Å². The Morgan fingerprint density at radius 1 is 1.39 bits per heavy atom. The number of esters is 1. The first kappa shape index (κ1) is 15.8. The quantitative estimate of drug-likeness (QED) is 0.622. The van der Waals surface area contributed by atoms with E-state index in [-0.39, 0.29) is 18.1 Å². The van der Waals surface area contributed by atoms with Crippen LogP contribution in [0.15, 0.2) is 23.0 Å². The number of hydrogen-bond acceptors (Lipinski definition) is 4. The lowest BCUT2D eigenvalue weighted by molar-refractivity contribution is -0.153. The fraction of sp³-hybridized carbons (Fsp3) is 0.556. The number of carbonyl (C=O) groups excluding carboxylic acids is 1. The molecule has 3 heterocycles. The minimum atomic E-state index is -0.872. The molecule has 3 rings (SSSR count). The third kappa shape index (κ3) is 3.32. The summed E-state index contributed by atoms with van der Waals surface area (Å²) < 4.78 is 7.21. The van der Waals surface area contributed by atoms with Crippen molar-refractivity contribution in [3.63, 3.8) is 0 Å². The van der Waals surface area contributed by atoms with Gasteiger partial charge in [-0.05, 0) is 32.3 Å². The average molecular weight is 314 g/mol. The Hall–Kier alpha value is -2.06. The second-order valence-electron chi connectivity index (χ2n) is 7.02. The standard InChI is InChI=1S/C18H22N2O3/c1-4-18(2,3)23-17(22)12-19-9-13-8-14(11-19)15-6-5-7-16(21)20(15)10-13/h1,5-7,13-14H,8-12H2,2-3H3/t13-,14?/m1/s1. The Balaban J connectivity index is 1.70. The molecule has 122 valence electrons. The SMILES string of the molecule is C#CC(C)(C)OC(=O)CN1CC2C[C@H](C1)Cn1c2cccc1=O. The molecule has 2 atom stereocenters. The Morgan fingerprint density at radius 3 is 2.91 bits per heavy atom. The van der Waals surface area contributed by atoms with Crippen molar-refractivity contribution in [2.45, 2.75) is 38.3 Å². The maximum absolute atomic E-state index is 12.1. The highest BCUT2D eigenvalue weighted by Gasteiger charge is 2.35. The zero-order valence-electron chi connectivity index (χ0n) is 13.6. The van der Waals surface area contributed by atoms with E-state index in [2.05, 4.69) is 10.8 Å². The van der Waals surface area contributed by atoms with E-state index >= 15 is 0 Å². The van der Waals surface area contributed by atoms with Gasteiger partial charge in [0, 0.05) is 37.3 Å². The maximum Gasteiger partial charge on any atom is 0.321 e. The molecule has 0 aromatic carbocycles. The highest BCUT2D eigenvalue weighted by Crippen LogP contribution is 2.34. The zero-order valence-corrected chi connectivity index (χ0v) is 13.6. The summed E-state index contributed by atoms with van der Waals surface area (Å²) in [5, 5.41) is 0. The maximum atomic E-state index is 12.1. The second-order valence-corrected chi connectivity index (χ2v) is 7.02. The van der Waals surface area contributed by atoms with Crippen LogP contribution in [-0.4, -0.2) is 40.7 Å². The van der Waals surface area contributed by atoms with Gasteiger partial charge in [0.1, 0.15) is 0 Å². The van der Waals surface area contributed by atoms with Gasteiger partial charge in [-0.15, -0.1) is 6.42 Å². The van der Waals surface area contributed by atoms with Crippen LogP contribution in [0, 0.1) is 18.3 Å². The fourth-order valence-corrected chi connectivity index (χ4v) is 3.65. The molecule has 23 heavy (non-hydrogen) atoms. The number of piperidine rings is 1. The van der Waals surface area contributed by atoms with E-state index in [9.17, 15) is 9.59 Å². The molecule has 1 aromatic heterocycles. The van der Waals surface area contributed by atoms with Crippen molar-refractivity contribution >= 4 is 5.97 Å². The van der Waals surface area contributed by atoms with Gasteiger partial charge < -0.3 is 9.30 Å². The van der Waals surface area contributed by atoms with E-state index in [0.29, 0.717) is 11.8 Å². The van der Waals surface area contributed by atoms with Crippen LogP contribution in [0.25, 0.3) is 0 Å². The summed E-state index contributed by atoms with van der Waals surface area (Å²) in [4.78, 5) is 26.2. The molecule has 0 radical (unpaired) electrons. The molecule has 0 spiro atoms. The van der Waals surface area contributed by atoms with Crippen LogP contribution in [0.5, 0.6) is 0 Å². The van der Waals surface area contributed by atoms with E-state index in [1.165, 1.54) is 0 Å². The number of likely N-dealkylation sites (tertiary alicyclic amines) is 1. The summed E-state index contributed by atoms with van der Waals surface area (Å²) in [5.41, 5.74) is 0.277. The lowest BCUT2D eigenvalue weighted by atomic mass is 9.83. The molecule has 1 saturated heterocycles. The van der Waals surface area contributed by atoms with E-state index in [4.69, 9.17) is 11.2 Å². The van der Waals surface area contributed by atoms with Gasteiger partial charge in [0.25, 0.3) is 5.56 Å². The average Bonchev–Trinajstić information content (AvgIpc) is 2.47. The number of carbonyl (C=O) groups is 1. The molecule has 0 N–H and O–H groups in total. The van der Waals surface area contributed by atoms with E-state index < -0.39 is 5.60 Å². The van der Waals surface area contributed by atoms with Crippen molar-refractivity contribution in [2.75, 3.05) is 19.6 Å². The van der Waals surface area contributed by atoms with E-state index in [0.717, 1.165) is 31.7 Å². The van der Waals surface area contributed by atoms with E-state index in [1.54, 1.807) is 19.9 Å². The molecule has 2 aliphatic rings. The predicted molar refractivity (Wildman–Crippen MR) is 87.0 cm³/mol. The van der Waals surface area contributed by atoms with Crippen molar-refractivity contribution in [3.8, 4) is 12.3 Å². The number of terminal acetylenes is 1. The molecule has 1 aromatic rings. The summed E-state index contributed by atoms with van der Waals surface area (Å²) >= 11 is 0. The first-order valence-corrected chi connectivity index (χ1v) is 7.99. The van der Waals surface area contributed by atoms with Gasteiger partial charge >= 0.3 is 5.97 Å². The van der Waals surface area contributed by atoms with Crippen molar-refractivity contribution in [1.29, 1.82) is 0 Å². The number of pyridine rings is 1. The minimum Gasteiger partial charge on any atom is -0.445 e. The van der Waals surface area contributed by atoms with Crippen LogP contribution in [-0.2, 0) is 16.1 Å². The van der Waals surface area contributed by atoms with Gasteiger partial charge in [-0.25, -0.2) is 0 Å². The van der Waals surface area contributed by atoms with Crippen LogP contribution < -0.4 is 5.56 Å². The summed E-state index contributed by atoms with van der Waals surface area (Å²) in [5.74, 6) is 2.87.